The lowest BCUT2D eigenvalue weighted by atomic mass is 9.87. The SMILES string of the molecule is N#CCNc1ccc(-c2ccc3cc2C(=O)CC3=O)cc1. The van der Waals surface area contributed by atoms with E-state index >= 15 is 0 Å². The van der Waals surface area contributed by atoms with Gasteiger partial charge in [-0.2, -0.15) is 5.26 Å². The molecule has 4 heteroatoms. The number of nitrogens with zero attached hydrogens (tertiary/aromatic N) is 1. The van der Waals surface area contributed by atoms with E-state index in [9.17, 15) is 9.59 Å². The number of nitrogens with one attached hydrogen (secondary N) is 1. The van der Waals surface area contributed by atoms with E-state index in [4.69, 9.17) is 5.26 Å². The summed E-state index contributed by atoms with van der Waals surface area (Å²) >= 11 is 0. The van der Waals surface area contributed by atoms with Gasteiger partial charge in [-0.3, -0.25) is 9.59 Å². The monoisotopic (exact) mass is 276 g/mol. The molecule has 0 radical (unpaired) electrons. The molecule has 4 nitrogen and oxygen atoms in total. The fraction of sp³-hybridized carbons (Fsp3) is 0.118. The van der Waals surface area contributed by atoms with Crippen molar-refractivity contribution in [1.82, 2.24) is 0 Å². The number of anilines is 1. The minimum absolute atomic E-state index is 0.0448. The Hall–Kier alpha value is -2.93. The molecule has 0 heterocycles. The summed E-state index contributed by atoms with van der Waals surface area (Å²) in [5.74, 6) is -0.245. The van der Waals surface area contributed by atoms with Gasteiger partial charge in [0.2, 0.25) is 0 Å². The first-order valence-electron chi connectivity index (χ1n) is 6.61. The standard InChI is InChI=1S/C17H12N2O2/c18-7-8-19-13-4-1-11(2-5-13)14-6-3-12-9-15(14)17(21)10-16(12)20/h1-6,9,19H,8,10H2. The van der Waals surface area contributed by atoms with Crippen LogP contribution in [0.25, 0.3) is 11.1 Å². The van der Waals surface area contributed by atoms with Crippen LogP contribution in [0.2, 0.25) is 0 Å². The maximum Gasteiger partial charge on any atom is 0.171 e. The van der Waals surface area contributed by atoms with Gasteiger partial charge in [-0.05, 0) is 29.3 Å². The Balaban J connectivity index is 1.97. The summed E-state index contributed by atoms with van der Waals surface area (Å²) < 4.78 is 0. The van der Waals surface area contributed by atoms with Crippen molar-refractivity contribution in [3.05, 3.63) is 53.6 Å². The van der Waals surface area contributed by atoms with E-state index in [1.54, 1.807) is 12.1 Å². The van der Waals surface area contributed by atoms with E-state index in [2.05, 4.69) is 5.32 Å². The highest BCUT2D eigenvalue weighted by molar-refractivity contribution is 6.19. The summed E-state index contributed by atoms with van der Waals surface area (Å²) in [5, 5.41) is 11.5. The number of carbonyl (C=O) groups excluding carboxylic acids is 2. The van der Waals surface area contributed by atoms with Crippen LogP contribution in [0, 0.1) is 11.3 Å². The molecule has 0 atom stereocenters. The molecule has 0 amide bonds. The summed E-state index contributed by atoms with van der Waals surface area (Å²) in [5.41, 5.74) is 3.81. The molecule has 1 aliphatic rings. The minimum atomic E-state index is -0.130. The van der Waals surface area contributed by atoms with E-state index in [-0.39, 0.29) is 24.5 Å². The Morgan fingerprint density at radius 2 is 1.67 bits per heavy atom. The average molecular weight is 276 g/mol. The second-order valence-electron chi connectivity index (χ2n) is 4.87. The van der Waals surface area contributed by atoms with Gasteiger partial charge in [0.25, 0.3) is 0 Å². The Morgan fingerprint density at radius 3 is 2.38 bits per heavy atom. The number of benzene rings is 2. The smallest absolute Gasteiger partial charge is 0.171 e. The van der Waals surface area contributed by atoms with Gasteiger partial charge >= 0.3 is 0 Å². The van der Waals surface area contributed by atoms with Gasteiger partial charge < -0.3 is 5.32 Å². The highest BCUT2D eigenvalue weighted by atomic mass is 16.1. The first-order valence-corrected chi connectivity index (χ1v) is 6.61. The summed E-state index contributed by atoms with van der Waals surface area (Å²) in [6.45, 7) is 0.250. The number of ketones is 2. The normalized spacial score (nSPS) is 12.9. The third-order valence-corrected chi connectivity index (χ3v) is 3.53. The van der Waals surface area contributed by atoms with Gasteiger partial charge in [-0.1, -0.05) is 24.3 Å². The van der Waals surface area contributed by atoms with Crippen LogP contribution >= 0.6 is 0 Å². The topological polar surface area (TPSA) is 70.0 Å². The second-order valence-corrected chi connectivity index (χ2v) is 4.87. The van der Waals surface area contributed by atoms with Crippen molar-refractivity contribution in [3.8, 4) is 17.2 Å². The van der Waals surface area contributed by atoms with E-state index < -0.39 is 0 Å². The molecule has 2 aromatic rings. The molecule has 0 aliphatic heterocycles. The molecule has 0 spiro atoms. The van der Waals surface area contributed by atoms with Crippen LogP contribution in [0.4, 0.5) is 5.69 Å². The Labute approximate surface area is 122 Å². The van der Waals surface area contributed by atoms with E-state index in [0.717, 1.165) is 16.8 Å². The molecule has 0 saturated heterocycles. The Bertz CT molecular complexity index is 770. The largest absolute Gasteiger partial charge is 0.372 e. The molecule has 0 unspecified atom stereocenters. The van der Waals surface area contributed by atoms with Crippen molar-refractivity contribution in [2.45, 2.75) is 6.42 Å². The number of carbonyl (C=O) groups is 2. The zero-order valence-corrected chi connectivity index (χ0v) is 11.2. The number of hydrogen-bond acceptors (Lipinski definition) is 4. The molecule has 102 valence electrons. The lowest BCUT2D eigenvalue weighted by Gasteiger charge is -2.15. The van der Waals surface area contributed by atoms with Crippen molar-refractivity contribution in [3.63, 3.8) is 0 Å². The van der Waals surface area contributed by atoms with Gasteiger partial charge in [0, 0.05) is 16.8 Å². The highest BCUT2D eigenvalue weighted by Gasteiger charge is 2.23. The molecular formula is C17H12N2O2. The molecule has 0 fully saturated rings. The average Bonchev–Trinajstić information content (AvgIpc) is 2.51. The van der Waals surface area contributed by atoms with Crippen molar-refractivity contribution in [1.29, 1.82) is 5.26 Å². The number of fused-ring (bicyclic) bond motifs is 2. The van der Waals surface area contributed by atoms with Crippen molar-refractivity contribution >= 4 is 17.3 Å². The first-order chi connectivity index (χ1) is 10.2. The number of nitriles is 1. The molecule has 21 heavy (non-hydrogen) atoms. The summed E-state index contributed by atoms with van der Waals surface area (Å²) in [6, 6.07) is 14.8. The van der Waals surface area contributed by atoms with Gasteiger partial charge in [0.15, 0.2) is 11.6 Å². The third kappa shape index (κ3) is 2.41. The zero-order valence-electron chi connectivity index (χ0n) is 11.2. The number of hydrogen-bond donors (Lipinski definition) is 1. The summed E-state index contributed by atoms with van der Waals surface area (Å²) in [6.07, 6.45) is -0.0448. The molecular weight excluding hydrogens is 264 g/mol. The van der Waals surface area contributed by atoms with Gasteiger partial charge in [-0.15, -0.1) is 0 Å². The van der Waals surface area contributed by atoms with Crippen molar-refractivity contribution in [2.24, 2.45) is 0 Å². The predicted molar refractivity (Wildman–Crippen MR) is 79.3 cm³/mol. The molecule has 2 bridgehead atoms. The number of Topliss-reactive ketones (excluding diaryl/α,β-unsaturated/α-hetero) is 2. The molecule has 3 rings (SSSR count). The predicted octanol–water partition coefficient (Wildman–Crippen LogP) is 3.06. The van der Waals surface area contributed by atoms with E-state index in [0.29, 0.717) is 11.1 Å². The second kappa shape index (κ2) is 5.22. The summed E-state index contributed by atoms with van der Waals surface area (Å²) in [4.78, 5) is 23.6. The maximum absolute atomic E-state index is 12.0. The van der Waals surface area contributed by atoms with E-state index in [1.165, 1.54) is 0 Å². The molecule has 1 aliphatic carbocycles. The maximum atomic E-state index is 12.0. The first kappa shape index (κ1) is 13.1. The van der Waals surface area contributed by atoms with Crippen LogP contribution < -0.4 is 5.32 Å². The fourth-order valence-corrected chi connectivity index (χ4v) is 2.45. The molecule has 1 N–H and O–H groups in total. The fourth-order valence-electron chi connectivity index (χ4n) is 2.45. The molecule has 0 aromatic heterocycles. The molecule has 2 aromatic carbocycles. The lowest BCUT2D eigenvalue weighted by Crippen LogP contribution is -2.16. The van der Waals surface area contributed by atoms with Crippen LogP contribution in [0.15, 0.2) is 42.5 Å². The van der Waals surface area contributed by atoms with E-state index in [1.807, 2.05) is 36.4 Å². The third-order valence-electron chi connectivity index (χ3n) is 3.53. The zero-order chi connectivity index (χ0) is 14.8. The highest BCUT2D eigenvalue weighted by Crippen LogP contribution is 2.30. The van der Waals surface area contributed by atoms with Gasteiger partial charge in [-0.25, -0.2) is 0 Å². The summed E-state index contributed by atoms with van der Waals surface area (Å²) in [7, 11) is 0. The van der Waals surface area contributed by atoms with Crippen LogP contribution in [-0.2, 0) is 0 Å². The van der Waals surface area contributed by atoms with Gasteiger partial charge in [0.1, 0.15) is 6.54 Å². The quantitative estimate of drug-likeness (QED) is 0.691. The Kier molecular flexibility index (Phi) is 3.25. The van der Waals surface area contributed by atoms with Crippen molar-refractivity contribution < 1.29 is 9.59 Å². The van der Waals surface area contributed by atoms with Crippen LogP contribution in [0.3, 0.4) is 0 Å². The number of rotatable bonds is 3. The van der Waals surface area contributed by atoms with Crippen LogP contribution in [0.5, 0.6) is 0 Å². The minimum Gasteiger partial charge on any atom is -0.372 e. The van der Waals surface area contributed by atoms with Gasteiger partial charge in [0.05, 0.1) is 12.5 Å². The Morgan fingerprint density at radius 1 is 0.952 bits per heavy atom. The van der Waals surface area contributed by atoms with Crippen LogP contribution in [0.1, 0.15) is 27.1 Å². The lowest BCUT2D eigenvalue weighted by molar-refractivity contribution is 0.0886. The molecule has 0 saturated carbocycles. The van der Waals surface area contributed by atoms with Crippen LogP contribution in [-0.4, -0.2) is 18.1 Å². The van der Waals surface area contributed by atoms with Crippen molar-refractivity contribution in [2.75, 3.05) is 11.9 Å².